The number of hydrogen-bond donors (Lipinski definition) is 2. The Hall–Kier alpha value is -1.33. The first-order valence-electron chi connectivity index (χ1n) is 4.70. The number of nitrogens with two attached hydrogens (primary N) is 1. The maximum atomic E-state index is 5.94. The summed E-state index contributed by atoms with van der Waals surface area (Å²) in [5.41, 5.74) is 7.98. The minimum Gasteiger partial charge on any atom is -0.368 e. The van der Waals surface area contributed by atoms with Crippen LogP contribution in [0.25, 0.3) is 0 Å². The second kappa shape index (κ2) is 4.67. The van der Waals surface area contributed by atoms with E-state index in [0.29, 0.717) is 17.4 Å². The van der Waals surface area contributed by atoms with Crippen molar-refractivity contribution in [3.8, 4) is 0 Å². The molecule has 0 aliphatic carbocycles. The molecule has 0 radical (unpaired) electrons. The number of halogens is 1. The molecule has 0 unspecified atom stereocenters. The van der Waals surface area contributed by atoms with Crippen LogP contribution >= 0.6 is 22.9 Å². The summed E-state index contributed by atoms with van der Waals surface area (Å²) in [5.74, 6) is 0.786. The van der Waals surface area contributed by atoms with Gasteiger partial charge >= 0.3 is 0 Å². The molecule has 2 rings (SSSR count). The van der Waals surface area contributed by atoms with Gasteiger partial charge in [-0.2, -0.15) is 16.3 Å². The maximum Gasteiger partial charge on any atom is 0.222 e. The first kappa shape index (κ1) is 11.2. The van der Waals surface area contributed by atoms with Crippen LogP contribution in [0, 0.1) is 6.92 Å². The van der Waals surface area contributed by atoms with Crippen molar-refractivity contribution in [3.05, 3.63) is 33.1 Å². The Kier molecular flexibility index (Phi) is 3.26. The Balaban J connectivity index is 2.10. The van der Waals surface area contributed by atoms with E-state index in [4.69, 9.17) is 17.3 Å². The van der Waals surface area contributed by atoms with Crippen molar-refractivity contribution >= 4 is 34.7 Å². The molecule has 3 N–H and O–H groups in total. The zero-order valence-electron chi connectivity index (χ0n) is 8.70. The topological polar surface area (TPSA) is 63.8 Å². The van der Waals surface area contributed by atoms with Crippen molar-refractivity contribution in [3.63, 3.8) is 0 Å². The summed E-state index contributed by atoms with van der Waals surface area (Å²) in [4.78, 5) is 7.83. The lowest BCUT2D eigenvalue weighted by atomic mass is 10.2. The fourth-order valence-corrected chi connectivity index (χ4v) is 2.27. The Labute approximate surface area is 102 Å². The molecule has 0 atom stereocenters. The van der Waals surface area contributed by atoms with Gasteiger partial charge in [0.1, 0.15) is 5.02 Å². The zero-order chi connectivity index (χ0) is 11.5. The Morgan fingerprint density at radius 2 is 2.31 bits per heavy atom. The highest BCUT2D eigenvalue weighted by Gasteiger charge is 2.04. The molecule has 6 heteroatoms. The quantitative estimate of drug-likeness (QED) is 0.884. The van der Waals surface area contributed by atoms with Gasteiger partial charge in [0, 0.05) is 6.54 Å². The van der Waals surface area contributed by atoms with Gasteiger partial charge in [-0.05, 0) is 28.8 Å². The molecule has 2 aromatic heterocycles. The molecule has 0 saturated carbocycles. The predicted octanol–water partition coefficient (Wildman–Crippen LogP) is 2.69. The number of rotatable bonds is 3. The molecule has 0 saturated heterocycles. The van der Waals surface area contributed by atoms with Crippen LogP contribution in [0.1, 0.15) is 11.1 Å². The van der Waals surface area contributed by atoms with Gasteiger partial charge in [0.25, 0.3) is 0 Å². The molecule has 2 heterocycles. The van der Waals surface area contributed by atoms with E-state index in [1.54, 1.807) is 11.3 Å². The van der Waals surface area contributed by atoms with Gasteiger partial charge in [0.15, 0.2) is 5.82 Å². The minimum atomic E-state index is 0.217. The van der Waals surface area contributed by atoms with Gasteiger partial charge in [0.2, 0.25) is 5.95 Å². The standard InChI is InChI=1S/C10H11ClN4S/c1-6-4-16-5-7(6)2-13-9-8(11)3-14-10(12)15-9/h3-5H,2H2,1H3,(H3,12,13,14,15). The number of anilines is 2. The minimum absolute atomic E-state index is 0.217. The van der Waals surface area contributed by atoms with Gasteiger partial charge in [-0.3, -0.25) is 0 Å². The number of hydrogen-bond acceptors (Lipinski definition) is 5. The third-order valence-corrected chi connectivity index (χ3v) is 3.36. The van der Waals surface area contributed by atoms with E-state index >= 15 is 0 Å². The lowest BCUT2D eigenvalue weighted by molar-refractivity contribution is 1.08. The smallest absolute Gasteiger partial charge is 0.222 e. The summed E-state index contributed by atoms with van der Waals surface area (Å²) in [7, 11) is 0. The summed E-state index contributed by atoms with van der Waals surface area (Å²) in [6, 6.07) is 0. The Bertz CT molecular complexity index is 497. The van der Waals surface area contributed by atoms with Crippen molar-refractivity contribution < 1.29 is 0 Å². The van der Waals surface area contributed by atoms with E-state index in [1.165, 1.54) is 17.3 Å². The van der Waals surface area contributed by atoms with Gasteiger partial charge in [-0.15, -0.1) is 0 Å². The summed E-state index contributed by atoms with van der Waals surface area (Å²) in [6.07, 6.45) is 1.49. The third-order valence-electron chi connectivity index (χ3n) is 2.17. The number of aromatic nitrogens is 2. The molecule has 0 aliphatic heterocycles. The number of nitrogens with one attached hydrogen (secondary N) is 1. The van der Waals surface area contributed by atoms with Crippen LogP contribution in [0.4, 0.5) is 11.8 Å². The first-order chi connectivity index (χ1) is 7.66. The highest BCUT2D eigenvalue weighted by atomic mass is 35.5. The van der Waals surface area contributed by atoms with E-state index < -0.39 is 0 Å². The highest BCUT2D eigenvalue weighted by molar-refractivity contribution is 7.08. The average Bonchev–Trinajstić information content (AvgIpc) is 2.66. The molecule has 0 spiro atoms. The van der Waals surface area contributed by atoms with Crippen LogP contribution in [0.5, 0.6) is 0 Å². The van der Waals surface area contributed by atoms with Crippen LogP contribution < -0.4 is 11.1 Å². The molecule has 4 nitrogen and oxygen atoms in total. The van der Waals surface area contributed by atoms with E-state index in [2.05, 4.69) is 33.0 Å². The van der Waals surface area contributed by atoms with Gasteiger partial charge in [0.05, 0.1) is 6.20 Å². The average molecular weight is 255 g/mol. The molecular formula is C10H11ClN4S. The highest BCUT2D eigenvalue weighted by Crippen LogP contribution is 2.20. The monoisotopic (exact) mass is 254 g/mol. The van der Waals surface area contributed by atoms with Crippen molar-refractivity contribution in [1.29, 1.82) is 0 Å². The molecule has 0 aromatic carbocycles. The normalized spacial score (nSPS) is 10.4. The Morgan fingerprint density at radius 1 is 1.50 bits per heavy atom. The van der Waals surface area contributed by atoms with E-state index in [9.17, 15) is 0 Å². The van der Waals surface area contributed by atoms with Crippen molar-refractivity contribution in [2.24, 2.45) is 0 Å². The third kappa shape index (κ3) is 2.43. The number of aryl methyl sites for hydroxylation is 1. The molecule has 0 aliphatic rings. The summed E-state index contributed by atoms with van der Waals surface area (Å²) in [5, 5.41) is 7.82. The fourth-order valence-electron chi connectivity index (χ4n) is 1.25. The van der Waals surface area contributed by atoms with Crippen LogP contribution in [-0.2, 0) is 6.54 Å². The largest absolute Gasteiger partial charge is 0.368 e. The summed E-state index contributed by atoms with van der Waals surface area (Å²) in [6.45, 7) is 2.76. The molecule has 0 fully saturated rings. The lowest BCUT2D eigenvalue weighted by Gasteiger charge is -2.07. The van der Waals surface area contributed by atoms with Crippen molar-refractivity contribution in [2.45, 2.75) is 13.5 Å². The summed E-state index contributed by atoms with van der Waals surface area (Å²) < 4.78 is 0. The SMILES string of the molecule is Cc1cscc1CNc1nc(N)ncc1Cl. The lowest BCUT2D eigenvalue weighted by Crippen LogP contribution is -2.04. The molecular weight excluding hydrogens is 244 g/mol. The molecule has 0 amide bonds. The second-order valence-electron chi connectivity index (χ2n) is 3.36. The molecule has 0 bridgehead atoms. The maximum absolute atomic E-state index is 5.94. The second-order valence-corrected chi connectivity index (χ2v) is 4.51. The van der Waals surface area contributed by atoms with Crippen LogP contribution in [-0.4, -0.2) is 9.97 Å². The number of nitrogen functional groups attached to an aromatic ring is 1. The van der Waals surface area contributed by atoms with Gasteiger partial charge in [-0.25, -0.2) is 4.98 Å². The van der Waals surface area contributed by atoms with E-state index in [0.717, 1.165) is 0 Å². The van der Waals surface area contributed by atoms with Crippen molar-refractivity contribution in [1.82, 2.24) is 9.97 Å². The molecule has 84 valence electrons. The van der Waals surface area contributed by atoms with E-state index in [-0.39, 0.29) is 5.95 Å². The molecule has 16 heavy (non-hydrogen) atoms. The fraction of sp³-hybridized carbons (Fsp3) is 0.200. The summed E-state index contributed by atoms with van der Waals surface area (Å²) >= 11 is 7.61. The zero-order valence-corrected chi connectivity index (χ0v) is 10.3. The molecule has 2 aromatic rings. The van der Waals surface area contributed by atoms with Crippen LogP contribution in [0.15, 0.2) is 17.0 Å². The van der Waals surface area contributed by atoms with E-state index in [1.807, 2.05) is 0 Å². The number of nitrogens with zero attached hydrogens (tertiary/aromatic N) is 2. The first-order valence-corrected chi connectivity index (χ1v) is 6.02. The predicted molar refractivity (Wildman–Crippen MR) is 67.8 cm³/mol. The van der Waals surface area contributed by atoms with Gasteiger partial charge in [-0.1, -0.05) is 11.6 Å². The number of thiophene rings is 1. The van der Waals surface area contributed by atoms with Crippen LogP contribution in [0.2, 0.25) is 5.02 Å². The van der Waals surface area contributed by atoms with Crippen LogP contribution in [0.3, 0.4) is 0 Å². The van der Waals surface area contributed by atoms with Gasteiger partial charge < -0.3 is 11.1 Å². The Morgan fingerprint density at radius 3 is 3.00 bits per heavy atom. The van der Waals surface area contributed by atoms with Crippen molar-refractivity contribution in [2.75, 3.05) is 11.1 Å².